The van der Waals surface area contributed by atoms with Crippen molar-refractivity contribution in [3.05, 3.63) is 11.6 Å². The Morgan fingerprint density at radius 3 is 2.64 bits per heavy atom. The first-order valence-electron chi connectivity index (χ1n) is 10.3. The van der Waals surface area contributed by atoms with Crippen LogP contribution in [0.5, 0.6) is 0 Å². The maximum Gasteiger partial charge on any atom is 0.293 e. The Kier molecular flexibility index (Phi) is 4.30. The molecule has 4 rings (SSSR count). The molecule has 3 fully saturated rings. The lowest BCUT2D eigenvalue weighted by Crippen LogP contribution is -2.53. The first-order chi connectivity index (χ1) is 11.9. The molecule has 25 heavy (non-hydrogen) atoms. The summed E-state index contributed by atoms with van der Waals surface area (Å²) >= 11 is 0. The lowest BCUT2D eigenvalue weighted by atomic mass is 9.48. The molecular weight excluding hydrogens is 310 g/mol. The fourth-order valence-electron chi connectivity index (χ4n) is 7.64. The maximum atomic E-state index is 10.7. The second-order valence-corrected chi connectivity index (χ2v) is 9.96. The number of nitrogens with zero attached hydrogens (tertiary/aromatic N) is 1. The van der Waals surface area contributed by atoms with Crippen LogP contribution in [0.4, 0.5) is 0 Å². The third-order valence-corrected chi connectivity index (χ3v) is 8.88. The van der Waals surface area contributed by atoms with Crippen LogP contribution in [-0.2, 0) is 9.53 Å². The minimum absolute atomic E-state index is 0.117. The zero-order valence-corrected chi connectivity index (χ0v) is 16.5. The van der Waals surface area contributed by atoms with Crippen LogP contribution < -0.4 is 0 Å². The number of hydrogen-bond acceptors (Lipinski definition) is 3. The van der Waals surface area contributed by atoms with Crippen LogP contribution in [0.15, 0.2) is 11.6 Å². The standard InChI is InChI=1S/C22H35NO2/c1-21-11-9-16(25-14-24)13-15(21)5-6-17-18-7-8-20(23(3)4)22(18,2)12-10-19(17)21/h5,14,16-20H,6-13H2,1-4H3. The molecule has 3 heteroatoms. The van der Waals surface area contributed by atoms with Crippen LogP contribution in [0.2, 0.25) is 0 Å². The van der Waals surface area contributed by atoms with Gasteiger partial charge < -0.3 is 9.64 Å². The molecule has 140 valence electrons. The number of ether oxygens (including phenoxy) is 1. The van der Waals surface area contributed by atoms with E-state index in [0.29, 0.717) is 17.3 Å². The molecule has 3 saturated carbocycles. The van der Waals surface area contributed by atoms with Gasteiger partial charge in [-0.2, -0.15) is 0 Å². The first-order valence-corrected chi connectivity index (χ1v) is 10.3. The third-order valence-electron chi connectivity index (χ3n) is 8.88. The molecule has 0 saturated heterocycles. The molecule has 3 nitrogen and oxygen atoms in total. The van der Waals surface area contributed by atoms with Crippen molar-refractivity contribution in [2.45, 2.75) is 77.4 Å². The average molecular weight is 346 g/mol. The molecule has 4 aliphatic carbocycles. The summed E-state index contributed by atoms with van der Waals surface area (Å²) in [5.74, 6) is 2.59. The summed E-state index contributed by atoms with van der Waals surface area (Å²) in [5, 5.41) is 0. The molecule has 0 N–H and O–H groups in total. The number of carbonyl (C=O) groups is 1. The highest BCUT2D eigenvalue weighted by molar-refractivity contribution is 5.38. The minimum Gasteiger partial charge on any atom is -0.464 e. The van der Waals surface area contributed by atoms with E-state index in [1.165, 1.54) is 38.5 Å². The molecule has 0 aromatic rings. The first kappa shape index (κ1) is 17.6. The Balaban J connectivity index is 1.60. The summed E-state index contributed by atoms with van der Waals surface area (Å²) in [6, 6.07) is 0.758. The van der Waals surface area contributed by atoms with E-state index in [2.05, 4.69) is 38.9 Å². The lowest BCUT2D eigenvalue weighted by Gasteiger charge is -2.58. The summed E-state index contributed by atoms with van der Waals surface area (Å²) in [6.07, 6.45) is 12.7. The van der Waals surface area contributed by atoms with Gasteiger partial charge in [-0.1, -0.05) is 25.5 Å². The fraction of sp³-hybridized carbons (Fsp3) is 0.864. The van der Waals surface area contributed by atoms with Gasteiger partial charge in [0.15, 0.2) is 0 Å². The number of allylic oxidation sites excluding steroid dienone is 1. The molecule has 0 heterocycles. The van der Waals surface area contributed by atoms with E-state index in [1.54, 1.807) is 5.57 Å². The van der Waals surface area contributed by atoms with Gasteiger partial charge in [0.25, 0.3) is 6.47 Å². The summed E-state index contributed by atoms with van der Waals surface area (Å²) < 4.78 is 5.31. The van der Waals surface area contributed by atoms with Crippen LogP contribution in [0.25, 0.3) is 0 Å². The monoisotopic (exact) mass is 345 g/mol. The third kappa shape index (κ3) is 2.52. The Morgan fingerprint density at radius 2 is 1.92 bits per heavy atom. The predicted molar refractivity (Wildman–Crippen MR) is 100 cm³/mol. The van der Waals surface area contributed by atoms with Crippen LogP contribution in [0, 0.1) is 28.6 Å². The van der Waals surface area contributed by atoms with Crippen molar-refractivity contribution in [3.8, 4) is 0 Å². The minimum atomic E-state index is 0.117. The highest BCUT2D eigenvalue weighted by Gasteiger charge is 2.59. The normalized spacial score (nSPS) is 49.0. The van der Waals surface area contributed by atoms with Crippen LogP contribution in [0.3, 0.4) is 0 Å². The lowest BCUT2D eigenvalue weighted by molar-refractivity contribution is -0.136. The summed E-state index contributed by atoms with van der Waals surface area (Å²) in [5.41, 5.74) is 2.45. The van der Waals surface area contributed by atoms with Gasteiger partial charge in [0.05, 0.1) is 0 Å². The molecule has 0 spiro atoms. The van der Waals surface area contributed by atoms with E-state index in [1.807, 2.05) is 0 Å². The quantitative estimate of drug-likeness (QED) is 0.560. The van der Waals surface area contributed by atoms with Gasteiger partial charge in [-0.05, 0) is 87.6 Å². The number of hydrogen-bond donors (Lipinski definition) is 0. The zero-order chi connectivity index (χ0) is 17.8. The van der Waals surface area contributed by atoms with Crippen molar-refractivity contribution < 1.29 is 9.53 Å². The van der Waals surface area contributed by atoms with Crippen LogP contribution in [0.1, 0.15) is 65.2 Å². The molecule has 0 aromatic heterocycles. The van der Waals surface area contributed by atoms with E-state index in [0.717, 1.165) is 36.6 Å². The summed E-state index contributed by atoms with van der Waals surface area (Å²) in [4.78, 5) is 13.2. The van der Waals surface area contributed by atoms with Gasteiger partial charge in [0.1, 0.15) is 6.10 Å². The smallest absolute Gasteiger partial charge is 0.293 e. The van der Waals surface area contributed by atoms with E-state index in [4.69, 9.17) is 4.74 Å². The molecule has 0 aromatic carbocycles. The summed E-state index contributed by atoms with van der Waals surface area (Å²) in [7, 11) is 4.55. The Hall–Kier alpha value is -0.830. The summed E-state index contributed by atoms with van der Waals surface area (Å²) in [6.45, 7) is 5.75. The Labute approximate surface area is 153 Å². The predicted octanol–water partition coefficient (Wildman–Crippen LogP) is 4.42. The van der Waals surface area contributed by atoms with E-state index in [9.17, 15) is 4.79 Å². The SMILES string of the molecule is CN(C)C1CCC2C3CC=C4CC(OC=O)CCC4(C)C3CCC21C. The van der Waals surface area contributed by atoms with Crippen molar-refractivity contribution in [2.75, 3.05) is 14.1 Å². The van der Waals surface area contributed by atoms with Gasteiger partial charge in [-0.15, -0.1) is 0 Å². The van der Waals surface area contributed by atoms with E-state index >= 15 is 0 Å². The highest BCUT2D eigenvalue weighted by atomic mass is 16.5. The number of fused-ring (bicyclic) bond motifs is 5. The molecule has 0 amide bonds. The second kappa shape index (κ2) is 6.11. The molecular formula is C22H35NO2. The molecule has 4 aliphatic rings. The van der Waals surface area contributed by atoms with Crippen molar-refractivity contribution >= 4 is 6.47 Å². The van der Waals surface area contributed by atoms with Crippen molar-refractivity contribution in [1.82, 2.24) is 4.90 Å². The van der Waals surface area contributed by atoms with Gasteiger partial charge >= 0.3 is 0 Å². The van der Waals surface area contributed by atoms with E-state index < -0.39 is 0 Å². The van der Waals surface area contributed by atoms with E-state index in [-0.39, 0.29) is 6.10 Å². The Morgan fingerprint density at radius 1 is 1.12 bits per heavy atom. The second-order valence-electron chi connectivity index (χ2n) is 9.96. The average Bonchev–Trinajstić information content (AvgIpc) is 2.93. The van der Waals surface area contributed by atoms with Crippen molar-refractivity contribution in [3.63, 3.8) is 0 Å². The Bertz CT molecular complexity index is 570. The van der Waals surface area contributed by atoms with Gasteiger partial charge in [0.2, 0.25) is 0 Å². The topological polar surface area (TPSA) is 29.5 Å². The van der Waals surface area contributed by atoms with Crippen molar-refractivity contribution in [1.29, 1.82) is 0 Å². The van der Waals surface area contributed by atoms with Gasteiger partial charge in [-0.3, -0.25) is 4.79 Å². The maximum absolute atomic E-state index is 10.7. The number of rotatable bonds is 3. The van der Waals surface area contributed by atoms with Crippen LogP contribution >= 0.6 is 0 Å². The molecule has 0 radical (unpaired) electrons. The molecule has 7 unspecified atom stereocenters. The zero-order valence-electron chi connectivity index (χ0n) is 16.5. The molecule has 0 bridgehead atoms. The van der Waals surface area contributed by atoms with Crippen LogP contribution in [-0.4, -0.2) is 37.6 Å². The van der Waals surface area contributed by atoms with Gasteiger partial charge in [-0.25, -0.2) is 0 Å². The molecule has 7 atom stereocenters. The largest absolute Gasteiger partial charge is 0.464 e. The van der Waals surface area contributed by atoms with Gasteiger partial charge in [0, 0.05) is 12.5 Å². The molecule has 0 aliphatic heterocycles. The highest BCUT2D eigenvalue weighted by Crippen LogP contribution is 2.65. The number of carbonyl (C=O) groups excluding carboxylic acids is 1. The van der Waals surface area contributed by atoms with Crippen molar-refractivity contribution in [2.24, 2.45) is 28.6 Å². The fourth-order valence-corrected chi connectivity index (χ4v) is 7.64.